The minimum absolute atomic E-state index is 0.137. The van der Waals surface area contributed by atoms with Crippen molar-refractivity contribution in [2.75, 3.05) is 0 Å². The van der Waals surface area contributed by atoms with Gasteiger partial charge in [-0.05, 0) is 31.0 Å². The molecular weight excluding hydrogens is 246 g/mol. The Morgan fingerprint density at radius 3 is 2.58 bits per heavy atom. The Labute approximate surface area is 111 Å². The average Bonchev–Trinajstić information content (AvgIpc) is 2.38. The van der Waals surface area contributed by atoms with Crippen molar-refractivity contribution in [1.82, 2.24) is 0 Å². The molecule has 0 radical (unpaired) electrons. The van der Waals surface area contributed by atoms with Crippen LogP contribution >= 0.6 is 0 Å². The van der Waals surface area contributed by atoms with Crippen molar-refractivity contribution >= 4 is 11.8 Å². The van der Waals surface area contributed by atoms with Crippen LogP contribution in [0.3, 0.4) is 0 Å². The van der Waals surface area contributed by atoms with Crippen molar-refractivity contribution in [3.63, 3.8) is 0 Å². The van der Waals surface area contributed by atoms with E-state index in [1.54, 1.807) is 31.2 Å². The minimum Gasteiger partial charge on any atom is -0.508 e. The van der Waals surface area contributed by atoms with Crippen LogP contribution in [0.4, 0.5) is 0 Å². The highest BCUT2D eigenvalue weighted by atomic mass is 16.6. The topological polar surface area (TPSA) is 89.6 Å². The number of hydrogen-bond donors (Lipinski definition) is 2. The third kappa shape index (κ3) is 3.12. The summed E-state index contributed by atoms with van der Waals surface area (Å²) in [6.07, 6.45) is 0.339. The number of rotatable bonds is 5. The smallest absolute Gasteiger partial charge is 0.313 e. The Balaban J connectivity index is 1.88. The molecule has 0 spiro atoms. The summed E-state index contributed by atoms with van der Waals surface area (Å²) >= 11 is 0. The fourth-order valence-electron chi connectivity index (χ4n) is 2.09. The molecule has 5 nitrogen and oxygen atoms in total. The van der Waals surface area contributed by atoms with E-state index in [9.17, 15) is 9.59 Å². The minimum atomic E-state index is -0.634. The Kier molecular flexibility index (Phi) is 3.85. The lowest BCUT2D eigenvalue weighted by atomic mass is 9.89. The van der Waals surface area contributed by atoms with Gasteiger partial charge in [0.1, 0.15) is 17.8 Å². The number of Topliss-reactive ketones (excluding diaryl/α,β-unsaturated/α-hetero) is 1. The van der Waals surface area contributed by atoms with Crippen LogP contribution < -0.4 is 5.73 Å². The van der Waals surface area contributed by atoms with Crippen LogP contribution in [0.1, 0.15) is 18.9 Å². The number of phenols is 1. The van der Waals surface area contributed by atoms with Gasteiger partial charge in [0.2, 0.25) is 0 Å². The number of benzene rings is 1. The van der Waals surface area contributed by atoms with Gasteiger partial charge in [-0.2, -0.15) is 0 Å². The van der Waals surface area contributed by atoms with Gasteiger partial charge in [-0.15, -0.1) is 0 Å². The molecule has 1 aliphatic heterocycles. The maximum atomic E-state index is 11.9. The number of aromatic hydroxyl groups is 1. The molecule has 0 unspecified atom stereocenters. The molecular formula is C14H17NO4. The summed E-state index contributed by atoms with van der Waals surface area (Å²) in [6, 6.07) is 5.92. The first-order chi connectivity index (χ1) is 8.97. The van der Waals surface area contributed by atoms with Crippen LogP contribution in [-0.2, 0) is 20.7 Å². The lowest BCUT2D eigenvalue weighted by Gasteiger charge is -2.32. The van der Waals surface area contributed by atoms with E-state index in [0.717, 1.165) is 5.56 Å². The number of phenolic OH excluding ortho intramolecular Hbond substituents is 1. The Morgan fingerprint density at radius 1 is 1.42 bits per heavy atom. The Bertz CT molecular complexity index is 483. The van der Waals surface area contributed by atoms with E-state index in [0.29, 0.717) is 6.42 Å². The summed E-state index contributed by atoms with van der Waals surface area (Å²) < 4.78 is 4.80. The lowest BCUT2D eigenvalue weighted by molar-refractivity contribution is -0.183. The lowest BCUT2D eigenvalue weighted by Crippen LogP contribution is -2.46. The van der Waals surface area contributed by atoms with Gasteiger partial charge in [-0.1, -0.05) is 12.1 Å². The van der Waals surface area contributed by atoms with E-state index in [1.165, 1.54) is 0 Å². The van der Waals surface area contributed by atoms with Crippen LogP contribution in [0.25, 0.3) is 0 Å². The summed E-state index contributed by atoms with van der Waals surface area (Å²) in [5.41, 5.74) is 6.72. The van der Waals surface area contributed by atoms with Crippen LogP contribution in [0, 0.1) is 5.92 Å². The van der Waals surface area contributed by atoms with E-state index >= 15 is 0 Å². The van der Waals surface area contributed by atoms with E-state index in [-0.39, 0.29) is 35.9 Å². The second-order valence-electron chi connectivity index (χ2n) is 4.90. The molecule has 2 rings (SSSR count). The molecule has 0 bridgehead atoms. The van der Waals surface area contributed by atoms with Crippen molar-refractivity contribution in [3.05, 3.63) is 29.8 Å². The highest BCUT2D eigenvalue weighted by molar-refractivity contribution is 5.90. The number of ketones is 1. The zero-order chi connectivity index (χ0) is 14.0. The second-order valence-corrected chi connectivity index (χ2v) is 4.90. The van der Waals surface area contributed by atoms with E-state index in [1.807, 2.05) is 0 Å². The molecule has 102 valence electrons. The molecule has 1 heterocycles. The van der Waals surface area contributed by atoms with Gasteiger partial charge in [0, 0.05) is 6.42 Å². The molecule has 0 aliphatic carbocycles. The largest absolute Gasteiger partial charge is 0.508 e. The number of cyclic esters (lactones) is 1. The predicted molar refractivity (Wildman–Crippen MR) is 68.5 cm³/mol. The second kappa shape index (κ2) is 5.40. The fraction of sp³-hybridized carbons (Fsp3) is 0.429. The van der Waals surface area contributed by atoms with Crippen molar-refractivity contribution in [2.45, 2.75) is 31.9 Å². The molecule has 0 saturated carbocycles. The molecule has 5 heteroatoms. The van der Waals surface area contributed by atoms with Crippen LogP contribution in [0.2, 0.25) is 0 Å². The van der Waals surface area contributed by atoms with Crippen molar-refractivity contribution < 1.29 is 19.4 Å². The van der Waals surface area contributed by atoms with Crippen molar-refractivity contribution in [2.24, 2.45) is 11.7 Å². The molecule has 1 aliphatic rings. The van der Waals surface area contributed by atoms with Crippen molar-refractivity contribution in [1.29, 1.82) is 0 Å². The zero-order valence-electron chi connectivity index (χ0n) is 10.7. The molecule has 0 aromatic heterocycles. The average molecular weight is 263 g/mol. The SMILES string of the molecule is C[C@H]1OC(=O)[C@H]1CC(=O)[C@@H](N)Cc1ccc(O)cc1. The van der Waals surface area contributed by atoms with E-state index in [4.69, 9.17) is 15.6 Å². The van der Waals surface area contributed by atoms with Crippen LogP contribution in [0.15, 0.2) is 24.3 Å². The van der Waals surface area contributed by atoms with Gasteiger partial charge in [0.15, 0.2) is 5.78 Å². The number of carbonyl (C=O) groups excluding carboxylic acids is 2. The van der Waals surface area contributed by atoms with Crippen LogP contribution in [-0.4, -0.2) is 29.0 Å². The molecule has 1 aromatic carbocycles. The third-order valence-electron chi connectivity index (χ3n) is 3.40. The first-order valence-electron chi connectivity index (χ1n) is 6.24. The fourth-order valence-corrected chi connectivity index (χ4v) is 2.09. The third-order valence-corrected chi connectivity index (χ3v) is 3.40. The maximum absolute atomic E-state index is 11.9. The van der Waals surface area contributed by atoms with E-state index < -0.39 is 6.04 Å². The first-order valence-corrected chi connectivity index (χ1v) is 6.24. The standard InChI is InChI=1S/C14H17NO4/c1-8-11(14(18)19-8)7-13(17)12(15)6-9-2-4-10(16)5-3-9/h2-5,8,11-12,16H,6-7,15H2,1H3/t8-,11+,12+/m1/s1. The highest BCUT2D eigenvalue weighted by Gasteiger charge is 2.40. The van der Waals surface area contributed by atoms with Gasteiger partial charge < -0.3 is 15.6 Å². The molecule has 1 fully saturated rings. The number of carbonyl (C=O) groups is 2. The molecule has 19 heavy (non-hydrogen) atoms. The number of hydrogen-bond acceptors (Lipinski definition) is 5. The van der Waals surface area contributed by atoms with Gasteiger partial charge in [0.25, 0.3) is 0 Å². The molecule has 1 saturated heterocycles. The number of esters is 1. The summed E-state index contributed by atoms with van der Waals surface area (Å²) in [7, 11) is 0. The monoisotopic (exact) mass is 263 g/mol. The molecule has 3 N–H and O–H groups in total. The quantitative estimate of drug-likeness (QED) is 0.766. The van der Waals surface area contributed by atoms with Gasteiger partial charge >= 0.3 is 5.97 Å². The number of nitrogens with two attached hydrogens (primary N) is 1. The summed E-state index contributed by atoms with van der Waals surface area (Å²) in [5.74, 6) is -0.632. The van der Waals surface area contributed by atoms with Crippen LogP contribution in [0.5, 0.6) is 5.75 Å². The molecule has 0 amide bonds. The zero-order valence-corrected chi connectivity index (χ0v) is 10.7. The first kappa shape index (κ1) is 13.5. The van der Waals surface area contributed by atoms with Crippen molar-refractivity contribution in [3.8, 4) is 5.75 Å². The highest BCUT2D eigenvalue weighted by Crippen LogP contribution is 2.25. The van der Waals surface area contributed by atoms with Gasteiger partial charge in [-0.3, -0.25) is 9.59 Å². The van der Waals surface area contributed by atoms with Gasteiger partial charge in [-0.25, -0.2) is 0 Å². The summed E-state index contributed by atoms with van der Waals surface area (Å²) in [6.45, 7) is 1.77. The summed E-state index contributed by atoms with van der Waals surface area (Å²) in [5, 5.41) is 9.17. The normalized spacial score (nSPS) is 23.4. The van der Waals surface area contributed by atoms with Gasteiger partial charge in [0.05, 0.1) is 6.04 Å². The predicted octanol–water partition coefficient (Wildman–Crippen LogP) is 0.783. The van der Waals surface area contributed by atoms with E-state index in [2.05, 4.69) is 0 Å². The number of ether oxygens (including phenoxy) is 1. The summed E-state index contributed by atoms with van der Waals surface area (Å²) in [4.78, 5) is 23.1. The maximum Gasteiger partial charge on any atom is 0.313 e. The Hall–Kier alpha value is -1.88. The molecule has 1 aromatic rings. The Morgan fingerprint density at radius 2 is 2.05 bits per heavy atom. The molecule has 3 atom stereocenters.